The van der Waals surface area contributed by atoms with E-state index in [0.717, 1.165) is 55.2 Å². The number of aliphatic hydroxyl groups excluding tert-OH is 1. The molecule has 0 aromatic carbocycles. The van der Waals surface area contributed by atoms with E-state index >= 15 is 0 Å². The highest BCUT2D eigenvalue weighted by Crippen LogP contribution is 2.61. The summed E-state index contributed by atoms with van der Waals surface area (Å²) in [6, 6.07) is 0.483. The Labute approximate surface area is 162 Å². The minimum absolute atomic E-state index is 0.119. The largest absolute Gasteiger partial charge is 0.504 e. The van der Waals surface area contributed by atoms with Crippen LogP contribution in [0.4, 0.5) is 0 Å². The van der Waals surface area contributed by atoms with Crippen molar-refractivity contribution in [3.05, 3.63) is 46.1 Å². The average Bonchev–Trinajstić information content (AvgIpc) is 3.47. The van der Waals surface area contributed by atoms with Gasteiger partial charge in [0, 0.05) is 35.9 Å². The summed E-state index contributed by atoms with van der Waals surface area (Å²) in [4.78, 5) is 2.73. The van der Waals surface area contributed by atoms with Crippen LogP contribution in [-0.2, 0) is 9.47 Å². The first-order valence-electron chi connectivity index (χ1n) is 10.5. The van der Waals surface area contributed by atoms with Gasteiger partial charge in [0.1, 0.15) is 5.76 Å². The monoisotopic (exact) mass is 369 g/mol. The molecule has 1 heterocycles. The smallest absolute Gasteiger partial charge is 0.157 e. The van der Waals surface area contributed by atoms with Crippen molar-refractivity contribution in [1.29, 1.82) is 0 Å². The number of hydrogen-bond acceptors (Lipinski definition) is 4. The lowest BCUT2D eigenvalue weighted by molar-refractivity contribution is 0.0909. The summed E-state index contributed by atoms with van der Waals surface area (Å²) in [6.07, 6.45) is 11.2. The lowest BCUT2D eigenvalue weighted by Crippen LogP contribution is -2.54. The van der Waals surface area contributed by atoms with E-state index < -0.39 is 0 Å². The van der Waals surface area contributed by atoms with Gasteiger partial charge in [0.25, 0.3) is 0 Å². The Bertz CT molecular complexity index is 785. The molecule has 5 aliphatic rings. The Kier molecular flexibility index (Phi) is 3.98. The Morgan fingerprint density at radius 2 is 2.00 bits per heavy atom. The van der Waals surface area contributed by atoms with Crippen LogP contribution in [0.25, 0.3) is 0 Å². The second kappa shape index (κ2) is 6.16. The van der Waals surface area contributed by atoms with E-state index in [1.807, 2.05) is 0 Å². The van der Waals surface area contributed by atoms with E-state index in [1.54, 1.807) is 14.2 Å². The van der Waals surface area contributed by atoms with Crippen molar-refractivity contribution < 1.29 is 14.6 Å². The van der Waals surface area contributed by atoms with Crippen molar-refractivity contribution in [2.45, 2.75) is 51.5 Å². The third kappa shape index (κ3) is 2.52. The molecule has 4 heteroatoms. The number of hydrogen-bond donors (Lipinski definition) is 1. The minimum atomic E-state index is -0.119. The topological polar surface area (TPSA) is 41.9 Å². The van der Waals surface area contributed by atoms with Crippen molar-refractivity contribution in [1.82, 2.24) is 4.90 Å². The highest BCUT2D eigenvalue weighted by molar-refractivity contribution is 5.55. The van der Waals surface area contributed by atoms with Gasteiger partial charge >= 0.3 is 0 Å². The molecule has 3 atom stereocenters. The number of nitrogens with zero attached hydrogens (tertiary/aromatic N) is 1. The first-order valence-corrected chi connectivity index (χ1v) is 10.5. The van der Waals surface area contributed by atoms with Gasteiger partial charge in [0.2, 0.25) is 0 Å². The van der Waals surface area contributed by atoms with Crippen LogP contribution in [0.3, 0.4) is 0 Å². The van der Waals surface area contributed by atoms with Gasteiger partial charge in [0.15, 0.2) is 5.76 Å². The molecule has 5 rings (SSSR count). The molecule has 0 aromatic heterocycles. The third-order valence-electron chi connectivity index (χ3n) is 7.52. The zero-order valence-electron chi connectivity index (χ0n) is 16.8. The molecule has 2 fully saturated rings. The van der Waals surface area contributed by atoms with E-state index in [4.69, 9.17) is 9.47 Å². The van der Waals surface area contributed by atoms with Gasteiger partial charge in [0.05, 0.1) is 20.0 Å². The van der Waals surface area contributed by atoms with Gasteiger partial charge in [-0.3, -0.25) is 4.90 Å². The van der Waals surface area contributed by atoms with Crippen LogP contribution in [0.15, 0.2) is 46.1 Å². The molecule has 2 bridgehead atoms. The van der Waals surface area contributed by atoms with Crippen molar-refractivity contribution >= 4 is 0 Å². The van der Waals surface area contributed by atoms with Gasteiger partial charge in [-0.15, -0.1) is 0 Å². The number of methoxy groups -OCH3 is 2. The molecule has 146 valence electrons. The zero-order chi connectivity index (χ0) is 18.8. The van der Waals surface area contributed by atoms with E-state index in [9.17, 15) is 5.11 Å². The third-order valence-corrected chi connectivity index (χ3v) is 7.52. The lowest BCUT2D eigenvalue weighted by atomic mass is 9.55. The maximum Gasteiger partial charge on any atom is 0.157 e. The Balaban J connectivity index is 1.64. The summed E-state index contributed by atoms with van der Waals surface area (Å²) < 4.78 is 11.3. The molecule has 1 aliphatic heterocycles. The van der Waals surface area contributed by atoms with Gasteiger partial charge < -0.3 is 14.6 Å². The maximum absolute atomic E-state index is 11.3. The SMILES string of the molecule is COC1=CC=C2[C@H]3CC4=C(C(O)=C(OC)C(C)C4)[C@@]2(CCN3CC2CC2)C1. The van der Waals surface area contributed by atoms with E-state index in [1.165, 1.54) is 30.5 Å². The van der Waals surface area contributed by atoms with Crippen LogP contribution in [0.5, 0.6) is 0 Å². The molecule has 0 aromatic rings. The molecule has 27 heavy (non-hydrogen) atoms. The Morgan fingerprint density at radius 1 is 1.19 bits per heavy atom. The van der Waals surface area contributed by atoms with Crippen LogP contribution >= 0.6 is 0 Å². The quantitative estimate of drug-likeness (QED) is 0.794. The molecule has 1 unspecified atom stereocenters. The van der Waals surface area contributed by atoms with Crippen molar-refractivity contribution in [3.63, 3.8) is 0 Å². The summed E-state index contributed by atoms with van der Waals surface area (Å²) in [5.74, 6) is 3.33. The van der Waals surface area contributed by atoms with Crippen molar-refractivity contribution in [2.24, 2.45) is 17.3 Å². The Morgan fingerprint density at radius 3 is 2.70 bits per heavy atom. The van der Waals surface area contributed by atoms with Crippen LogP contribution in [0.1, 0.15) is 45.4 Å². The van der Waals surface area contributed by atoms with E-state index in [-0.39, 0.29) is 11.3 Å². The van der Waals surface area contributed by atoms with Crippen molar-refractivity contribution in [2.75, 3.05) is 27.3 Å². The fourth-order valence-corrected chi connectivity index (χ4v) is 6.11. The molecule has 1 saturated heterocycles. The van der Waals surface area contributed by atoms with Gasteiger partial charge in [-0.2, -0.15) is 0 Å². The number of aliphatic hydroxyl groups is 1. The van der Waals surface area contributed by atoms with Crippen LogP contribution in [0, 0.1) is 17.3 Å². The predicted molar refractivity (Wildman–Crippen MR) is 105 cm³/mol. The van der Waals surface area contributed by atoms with Crippen LogP contribution in [-0.4, -0.2) is 43.4 Å². The molecule has 4 nitrogen and oxygen atoms in total. The summed E-state index contributed by atoms with van der Waals surface area (Å²) in [6.45, 7) is 4.51. The van der Waals surface area contributed by atoms with Gasteiger partial charge in [-0.1, -0.05) is 18.6 Å². The van der Waals surface area contributed by atoms with Gasteiger partial charge in [-0.25, -0.2) is 0 Å². The normalized spacial score (nSPS) is 36.0. The summed E-state index contributed by atoms with van der Waals surface area (Å²) in [7, 11) is 3.45. The highest BCUT2D eigenvalue weighted by Gasteiger charge is 2.55. The molecule has 0 amide bonds. The fourth-order valence-electron chi connectivity index (χ4n) is 6.11. The first kappa shape index (κ1) is 17.4. The summed E-state index contributed by atoms with van der Waals surface area (Å²) in [5, 5.41) is 11.3. The zero-order valence-corrected chi connectivity index (χ0v) is 16.8. The molecule has 1 N–H and O–H groups in total. The average molecular weight is 370 g/mol. The molecule has 1 saturated carbocycles. The summed E-state index contributed by atoms with van der Waals surface area (Å²) in [5.41, 5.74) is 3.98. The van der Waals surface area contributed by atoms with Crippen molar-refractivity contribution in [3.8, 4) is 0 Å². The molecular weight excluding hydrogens is 338 g/mol. The predicted octanol–water partition coefficient (Wildman–Crippen LogP) is 4.47. The standard InChI is InChI=1S/C23H31NO3/c1-14-10-16-11-19-18-7-6-17(26-2)12-23(18,20(16)21(25)22(14)27-3)8-9-24(19)13-15-4-5-15/h6-7,14-15,19,25H,4-5,8-13H2,1-3H3/t14?,19-,23+/m1/s1. The molecule has 0 spiro atoms. The molecule has 4 aliphatic carbocycles. The molecular formula is C23H31NO3. The maximum atomic E-state index is 11.3. The first-order chi connectivity index (χ1) is 13.1. The lowest BCUT2D eigenvalue weighted by Gasteiger charge is -2.56. The highest BCUT2D eigenvalue weighted by atomic mass is 16.5. The van der Waals surface area contributed by atoms with E-state index in [2.05, 4.69) is 24.0 Å². The molecule has 0 radical (unpaired) electrons. The number of piperidine rings is 1. The fraction of sp³-hybridized carbons (Fsp3) is 0.652. The second-order valence-corrected chi connectivity index (χ2v) is 9.13. The number of rotatable bonds is 4. The number of likely N-dealkylation sites (tertiary alicyclic amines) is 1. The van der Waals surface area contributed by atoms with Gasteiger partial charge in [-0.05, 0) is 56.2 Å². The minimum Gasteiger partial charge on any atom is -0.504 e. The summed E-state index contributed by atoms with van der Waals surface area (Å²) >= 11 is 0. The second-order valence-electron chi connectivity index (χ2n) is 9.13. The number of allylic oxidation sites excluding steroid dienone is 5. The van der Waals surface area contributed by atoms with Crippen LogP contribution in [0.2, 0.25) is 0 Å². The van der Waals surface area contributed by atoms with E-state index in [0.29, 0.717) is 11.8 Å². The van der Waals surface area contributed by atoms with Crippen LogP contribution < -0.4 is 0 Å². The number of ether oxygens (including phenoxy) is 2. The Hall–Kier alpha value is -1.68.